The van der Waals surface area contributed by atoms with Crippen molar-refractivity contribution in [2.45, 2.75) is 64.1 Å². The van der Waals surface area contributed by atoms with Gasteiger partial charge in [-0.15, -0.1) is 0 Å². The van der Waals surface area contributed by atoms with E-state index < -0.39 is 0 Å². The van der Waals surface area contributed by atoms with Gasteiger partial charge in [0.2, 0.25) is 0 Å². The highest BCUT2D eigenvalue weighted by Crippen LogP contribution is 2.45. The van der Waals surface area contributed by atoms with Crippen LogP contribution in [0.4, 0.5) is 11.4 Å². The minimum atomic E-state index is 0.219. The molecule has 2 fully saturated rings. The Balaban J connectivity index is 1.56. The summed E-state index contributed by atoms with van der Waals surface area (Å²) >= 11 is 0. The van der Waals surface area contributed by atoms with Crippen molar-refractivity contribution in [1.82, 2.24) is 10.2 Å². The van der Waals surface area contributed by atoms with Crippen molar-refractivity contribution in [2.75, 3.05) is 24.5 Å². The van der Waals surface area contributed by atoms with Crippen molar-refractivity contribution in [3.05, 3.63) is 95.6 Å². The van der Waals surface area contributed by atoms with E-state index in [9.17, 15) is 0 Å². The molecule has 3 heteroatoms. The predicted octanol–water partition coefficient (Wildman–Crippen LogP) is 6.80. The van der Waals surface area contributed by atoms with Crippen LogP contribution in [-0.4, -0.2) is 36.1 Å². The summed E-state index contributed by atoms with van der Waals surface area (Å²) in [5, 5.41) is 4.69. The Kier molecular flexibility index (Phi) is 6.76. The molecule has 0 spiro atoms. The molecule has 2 aliphatic heterocycles. The third-order valence-corrected chi connectivity index (χ3v) is 8.19. The first-order valence-corrected chi connectivity index (χ1v) is 12.9. The number of benzene rings is 3. The highest BCUT2D eigenvalue weighted by atomic mass is 15.3. The molecule has 2 heterocycles. The van der Waals surface area contributed by atoms with Gasteiger partial charge in [0.25, 0.3) is 0 Å². The third-order valence-electron chi connectivity index (χ3n) is 8.19. The lowest BCUT2D eigenvalue weighted by atomic mass is 9.79. The smallest absolute Gasteiger partial charge is 0.0413 e. The fourth-order valence-corrected chi connectivity index (χ4v) is 6.37. The van der Waals surface area contributed by atoms with Gasteiger partial charge >= 0.3 is 0 Å². The molecule has 0 aliphatic carbocycles. The molecule has 1 radical (unpaired) electrons. The van der Waals surface area contributed by atoms with Gasteiger partial charge < -0.3 is 4.90 Å². The number of piperidine rings is 2. The molecule has 0 N–H and O–H groups in total. The van der Waals surface area contributed by atoms with Crippen LogP contribution in [0.25, 0.3) is 0 Å². The van der Waals surface area contributed by atoms with Crippen LogP contribution in [0.15, 0.2) is 78.9 Å². The lowest BCUT2D eigenvalue weighted by Gasteiger charge is -2.53. The number of rotatable bonds is 5. The second kappa shape index (κ2) is 9.93. The quantitative estimate of drug-likeness (QED) is 0.424. The molecule has 0 amide bonds. The van der Waals surface area contributed by atoms with Crippen LogP contribution in [0.3, 0.4) is 0 Å². The zero-order valence-corrected chi connectivity index (χ0v) is 21.0. The van der Waals surface area contributed by atoms with E-state index in [2.05, 4.69) is 115 Å². The molecule has 0 bridgehead atoms. The molecule has 2 aliphatic rings. The van der Waals surface area contributed by atoms with Crippen LogP contribution in [0.5, 0.6) is 0 Å². The van der Waals surface area contributed by atoms with Gasteiger partial charge in [-0.25, -0.2) is 5.32 Å². The van der Waals surface area contributed by atoms with Gasteiger partial charge in [-0.2, -0.15) is 0 Å². The molecule has 177 valence electrons. The summed E-state index contributed by atoms with van der Waals surface area (Å²) in [5.41, 5.74) is 7.18. The maximum atomic E-state index is 4.69. The third kappa shape index (κ3) is 4.52. The summed E-state index contributed by atoms with van der Waals surface area (Å²) in [4.78, 5) is 5.46. The molecule has 0 saturated carbocycles. The summed E-state index contributed by atoms with van der Waals surface area (Å²) in [5.74, 6) is 0. The minimum Gasteiger partial charge on any atom is -0.338 e. The van der Waals surface area contributed by atoms with Gasteiger partial charge in [0.05, 0.1) is 0 Å². The monoisotopic (exact) mass is 452 g/mol. The molecule has 2 unspecified atom stereocenters. The Morgan fingerprint density at radius 2 is 1.35 bits per heavy atom. The van der Waals surface area contributed by atoms with Crippen LogP contribution in [0, 0.1) is 13.8 Å². The zero-order valence-electron chi connectivity index (χ0n) is 21.0. The first-order chi connectivity index (χ1) is 16.6. The summed E-state index contributed by atoms with van der Waals surface area (Å²) in [7, 11) is 0. The number of hydrogen-bond donors (Lipinski definition) is 0. The number of nitrogens with zero attached hydrogens (tertiary/aromatic N) is 3. The van der Waals surface area contributed by atoms with Gasteiger partial charge in [0.15, 0.2) is 0 Å². The average Bonchev–Trinajstić information content (AvgIpc) is 2.86. The number of aryl methyl sites for hydroxylation is 2. The van der Waals surface area contributed by atoms with E-state index in [0.29, 0.717) is 12.1 Å². The maximum Gasteiger partial charge on any atom is 0.0413 e. The Morgan fingerprint density at radius 3 is 1.91 bits per heavy atom. The fourth-order valence-electron chi connectivity index (χ4n) is 6.37. The van der Waals surface area contributed by atoms with Gasteiger partial charge in [-0.05, 0) is 87.4 Å². The Hall–Kier alpha value is -2.62. The van der Waals surface area contributed by atoms with Crippen LogP contribution >= 0.6 is 0 Å². The Labute approximate surface area is 205 Å². The summed E-state index contributed by atoms with van der Waals surface area (Å²) < 4.78 is 0. The molecule has 2 atom stereocenters. The SMILES string of the molecule is Cc1cccc(C)c1C1CC(N(c2ccccc2)c2ccccc2)CCN1C1(C)CC[N]CC1. The van der Waals surface area contributed by atoms with Crippen LogP contribution in [0.2, 0.25) is 0 Å². The summed E-state index contributed by atoms with van der Waals surface area (Å²) in [6, 6.07) is 29.6. The first kappa shape index (κ1) is 23.1. The molecule has 34 heavy (non-hydrogen) atoms. The first-order valence-electron chi connectivity index (χ1n) is 12.9. The van der Waals surface area contributed by atoms with Gasteiger partial charge in [0, 0.05) is 48.6 Å². The van der Waals surface area contributed by atoms with Gasteiger partial charge in [-0.1, -0.05) is 54.6 Å². The molecular weight excluding hydrogens is 414 g/mol. The van der Waals surface area contributed by atoms with E-state index in [1.807, 2.05) is 0 Å². The van der Waals surface area contributed by atoms with E-state index in [0.717, 1.165) is 32.5 Å². The average molecular weight is 453 g/mol. The largest absolute Gasteiger partial charge is 0.338 e. The van der Waals surface area contributed by atoms with Crippen molar-refractivity contribution in [3.8, 4) is 0 Å². The van der Waals surface area contributed by atoms with Crippen molar-refractivity contribution in [1.29, 1.82) is 0 Å². The van der Waals surface area contributed by atoms with E-state index in [-0.39, 0.29) is 5.54 Å². The highest BCUT2D eigenvalue weighted by molar-refractivity contribution is 5.64. The number of para-hydroxylation sites is 2. The van der Waals surface area contributed by atoms with Crippen molar-refractivity contribution < 1.29 is 0 Å². The van der Waals surface area contributed by atoms with Gasteiger partial charge in [-0.3, -0.25) is 4.90 Å². The van der Waals surface area contributed by atoms with Gasteiger partial charge in [0.1, 0.15) is 0 Å². The molecule has 2 saturated heterocycles. The number of hydrogen-bond acceptors (Lipinski definition) is 2. The lowest BCUT2D eigenvalue weighted by Crippen LogP contribution is -2.57. The molecular formula is C31H38N3. The second-order valence-electron chi connectivity index (χ2n) is 10.4. The summed E-state index contributed by atoms with van der Waals surface area (Å²) in [6.07, 6.45) is 4.63. The second-order valence-corrected chi connectivity index (χ2v) is 10.4. The molecule has 5 rings (SSSR count). The van der Waals surface area contributed by atoms with E-state index in [1.165, 1.54) is 40.9 Å². The Bertz CT molecular complexity index is 1010. The van der Waals surface area contributed by atoms with E-state index in [4.69, 9.17) is 0 Å². The highest BCUT2D eigenvalue weighted by Gasteiger charge is 2.43. The van der Waals surface area contributed by atoms with E-state index >= 15 is 0 Å². The number of anilines is 2. The van der Waals surface area contributed by atoms with Crippen molar-refractivity contribution >= 4 is 11.4 Å². The normalized spacial score (nSPS) is 22.9. The molecule has 3 aromatic carbocycles. The molecule has 3 aromatic rings. The standard InChI is InChI=1S/C31H38N3/c1-24-11-10-12-25(2)30(24)29-23-28(17-22-33(29)31(3)18-20-32-21-19-31)34(26-13-6-4-7-14-26)27-15-8-5-9-16-27/h4-16,28-29H,17-23H2,1-3H3. The van der Waals surface area contributed by atoms with Crippen molar-refractivity contribution in [2.24, 2.45) is 0 Å². The topological polar surface area (TPSA) is 20.6 Å². The predicted molar refractivity (Wildman–Crippen MR) is 143 cm³/mol. The molecule has 0 aromatic heterocycles. The zero-order chi connectivity index (χ0) is 23.5. The fraction of sp³-hybridized carbons (Fsp3) is 0.419. The number of likely N-dealkylation sites (tertiary alicyclic amines) is 1. The Morgan fingerprint density at radius 1 is 0.794 bits per heavy atom. The maximum absolute atomic E-state index is 4.69. The minimum absolute atomic E-state index is 0.219. The van der Waals surface area contributed by atoms with Crippen molar-refractivity contribution in [3.63, 3.8) is 0 Å². The lowest BCUT2D eigenvalue weighted by molar-refractivity contribution is 0.00110. The van der Waals surface area contributed by atoms with Crippen LogP contribution in [0.1, 0.15) is 55.3 Å². The van der Waals surface area contributed by atoms with E-state index in [1.54, 1.807) is 0 Å². The van der Waals surface area contributed by atoms with Crippen LogP contribution < -0.4 is 10.2 Å². The van der Waals surface area contributed by atoms with Crippen LogP contribution in [-0.2, 0) is 0 Å². The molecule has 3 nitrogen and oxygen atoms in total. The summed E-state index contributed by atoms with van der Waals surface area (Å²) in [6.45, 7) is 10.2.